The summed E-state index contributed by atoms with van der Waals surface area (Å²) in [6.07, 6.45) is -2.65. The first-order valence-corrected chi connectivity index (χ1v) is 5.37. The lowest BCUT2D eigenvalue weighted by atomic mass is 9.97. The number of carbonyl (C=O) groups excluding carboxylic acids is 1. The summed E-state index contributed by atoms with van der Waals surface area (Å²) in [6, 6.07) is 2.84. The second kappa shape index (κ2) is 5.81. The van der Waals surface area contributed by atoms with Crippen molar-refractivity contribution >= 4 is 11.7 Å². The molecule has 0 amide bonds. The number of aliphatic hydroxyl groups excluding tert-OH is 3. The molecule has 2 atom stereocenters. The van der Waals surface area contributed by atoms with E-state index >= 15 is 0 Å². The second-order valence-corrected chi connectivity index (χ2v) is 3.97. The highest BCUT2D eigenvalue weighted by atomic mass is 16.5. The van der Waals surface area contributed by atoms with E-state index in [1.807, 2.05) is 0 Å². The van der Waals surface area contributed by atoms with Crippen LogP contribution in [0.1, 0.15) is 27.6 Å². The number of hydrogen-bond acceptors (Lipinski definition) is 6. The third kappa shape index (κ3) is 2.79. The van der Waals surface area contributed by atoms with Gasteiger partial charge in [0.25, 0.3) is 0 Å². The van der Waals surface area contributed by atoms with Gasteiger partial charge < -0.3 is 25.8 Å². The van der Waals surface area contributed by atoms with Crippen LogP contribution in [0.4, 0.5) is 5.69 Å². The second-order valence-electron chi connectivity index (χ2n) is 3.97. The van der Waals surface area contributed by atoms with Crippen LogP contribution in [0.25, 0.3) is 0 Å². The summed E-state index contributed by atoms with van der Waals surface area (Å²) in [5.41, 5.74) is 7.04. The number of anilines is 1. The van der Waals surface area contributed by atoms with Crippen molar-refractivity contribution in [3.8, 4) is 0 Å². The zero-order chi connectivity index (χ0) is 13.9. The molecule has 2 unspecified atom stereocenters. The highest BCUT2D eigenvalue weighted by Gasteiger charge is 2.21. The van der Waals surface area contributed by atoms with Gasteiger partial charge >= 0.3 is 5.97 Å². The molecule has 18 heavy (non-hydrogen) atoms. The van der Waals surface area contributed by atoms with Crippen LogP contribution >= 0.6 is 0 Å². The third-order valence-electron chi connectivity index (χ3n) is 2.77. The van der Waals surface area contributed by atoms with Gasteiger partial charge in [-0.25, -0.2) is 4.79 Å². The maximum Gasteiger partial charge on any atom is 0.338 e. The molecule has 0 saturated heterocycles. The minimum atomic E-state index is -1.34. The molecular weight excluding hydrogens is 238 g/mol. The van der Waals surface area contributed by atoms with Gasteiger partial charge in [0.1, 0.15) is 12.2 Å². The van der Waals surface area contributed by atoms with Crippen LogP contribution in [0.5, 0.6) is 0 Å². The van der Waals surface area contributed by atoms with E-state index in [1.54, 1.807) is 6.92 Å². The van der Waals surface area contributed by atoms with Crippen molar-refractivity contribution in [3.63, 3.8) is 0 Å². The Morgan fingerprint density at radius 1 is 1.44 bits per heavy atom. The number of methoxy groups -OCH3 is 1. The van der Waals surface area contributed by atoms with Crippen molar-refractivity contribution in [2.45, 2.75) is 19.1 Å². The molecule has 0 radical (unpaired) electrons. The van der Waals surface area contributed by atoms with Crippen LogP contribution in [0.3, 0.4) is 0 Å². The van der Waals surface area contributed by atoms with E-state index in [0.29, 0.717) is 11.3 Å². The Morgan fingerprint density at radius 3 is 2.56 bits per heavy atom. The van der Waals surface area contributed by atoms with Crippen LogP contribution in [0, 0.1) is 6.92 Å². The normalized spacial score (nSPS) is 14.1. The quantitative estimate of drug-likeness (QED) is 0.436. The molecule has 0 saturated carbocycles. The van der Waals surface area contributed by atoms with Crippen molar-refractivity contribution in [1.29, 1.82) is 0 Å². The maximum atomic E-state index is 11.5. The van der Waals surface area contributed by atoms with Gasteiger partial charge in [0.15, 0.2) is 0 Å². The molecule has 6 heteroatoms. The summed E-state index contributed by atoms with van der Waals surface area (Å²) >= 11 is 0. The van der Waals surface area contributed by atoms with Gasteiger partial charge in [-0.2, -0.15) is 0 Å². The number of nitrogens with two attached hydrogens (primary N) is 1. The third-order valence-corrected chi connectivity index (χ3v) is 2.77. The molecule has 0 aliphatic heterocycles. The highest BCUT2D eigenvalue weighted by molar-refractivity contribution is 5.92. The predicted octanol–water partition coefficient (Wildman–Crippen LogP) is -0.250. The first-order chi connectivity index (χ1) is 8.42. The molecule has 0 spiro atoms. The van der Waals surface area contributed by atoms with Crippen LogP contribution in [0.2, 0.25) is 0 Å². The summed E-state index contributed by atoms with van der Waals surface area (Å²) in [6.45, 7) is 1.06. The van der Waals surface area contributed by atoms with E-state index in [0.717, 1.165) is 0 Å². The average molecular weight is 255 g/mol. The molecule has 6 nitrogen and oxygen atoms in total. The number of esters is 1. The Kier molecular flexibility index (Phi) is 4.66. The van der Waals surface area contributed by atoms with E-state index in [1.165, 1.54) is 19.2 Å². The van der Waals surface area contributed by atoms with E-state index in [9.17, 15) is 15.0 Å². The molecule has 0 bridgehead atoms. The summed E-state index contributed by atoms with van der Waals surface area (Å²) in [7, 11) is 1.24. The van der Waals surface area contributed by atoms with Crippen LogP contribution in [0.15, 0.2) is 12.1 Å². The van der Waals surface area contributed by atoms with E-state index in [-0.39, 0.29) is 11.1 Å². The van der Waals surface area contributed by atoms with E-state index < -0.39 is 24.8 Å². The van der Waals surface area contributed by atoms with Crippen molar-refractivity contribution < 1.29 is 24.9 Å². The molecule has 0 heterocycles. The first kappa shape index (κ1) is 14.4. The molecule has 0 fully saturated rings. The lowest BCUT2D eigenvalue weighted by molar-refractivity contribution is -0.0152. The van der Waals surface area contributed by atoms with Crippen molar-refractivity contribution in [1.82, 2.24) is 0 Å². The fourth-order valence-electron chi connectivity index (χ4n) is 1.57. The molecule has 5 N–H and O–H groups in total. The average Bonchev–Trinajstić information content (AvgIpc) is 2.38. The van der Waals surface area contributed by atoms with Crippen LogP contribution < -0.4 is 5.73 Å². The van der Waals surface area contributed by atoms with E-state index in [4.69, 9.17) is 10.8 Å². The van der Waals surface area contributed by atoms with Crippen molar-refractivity contribution in [3.05, 3.63) is 28.8 Å². The monoisotopic (exact) mass is 255 g/mol. The standard InChI is InChI=1S/C12H17NO5/c1-6-8(12(17)18-2)3-7(4-9(6)13)11(16)10(15)5-14/h3-4,10-11,14-16H,5,13H2,1-2H3. The number of rotatable bonds is 4. The maximum absolute atomic E-state index is 11.5. The minimum Gasteiger partial charge on any atom is -0.465 e. The SMILES string of the molecule is COC(=O)c1cc(C(O)C(O)CO)cc(N)c1C. The zero-order valence-corrected chi connectivity index (χ0v) is 10.3. The van der Waals surface area contributed by atoms with Crippen LogP contribution in [-0.2, 0) is 4.74 Å². The fraction of sp³-hybridized carbons (Fsp3) is 0.417. The van der Waals surface area contributed by atoms with Gasteiger partial charge in [-0.3, -0.25) is 0 Å². The molecule has 1 aromatic rings. The van der Waals surface area contributed by atoms with E-state index in [2.05, 4.69) is 4.74 Å². The highest BCUT2D eigenvalue weighted by Crippen LogP contribution is 2.25. The smallest absolute Gasteiger partial charge is 0.338 e. The molecule has 0 aliphatic rings. The Morgan fingerprint density at radius 2 is 2.06 bits per heavy atom. The molecular formula is C12H17NO5. The zero-order valence-electron chi connectivity index (χ0n) is 10.3. The topological polar surface area (TPSA) is 113 Å². The predicted molar refractivity (Wildman–Crippen MR) is 65.0 cm³/mol. The Balaban J connectivity index is 3.24. The molecule has 0 aromatic heterocycles. The van der Waals surface area contributed by atoms with Gasteiger partial charge in [-0.15, -0.1) is 0 Å². The summed E-state index contributed by atoms with van der Waals surface area (Å²) in [4.78, 5) is 11.5. The molecule has 0 aliphatic carbocycles. The molecule has 100 valence electrons. The van der Waals surface area contributed by atoms with Crippen molar-refractivity contribution in [2.75, 3.05) is 19.5 Å². The van der Waals surface area contributed by atoms with Gasteiger partial charge in [0.2, 0.25) is 0 Å². The lowest BCUT2D eigenvalue weighted by Gasteiger charge is -2.18. The van der Waals surface area contributed by atoms with Crippen LogP contribution in [-0.4, -0.2) is 41.1 Å². The lowest BCUT2D eigenvalue weighted by Crippen LogP contribution is -2.22. The number of benzene rings is 1. The minimum absolute atomic E-state index is 0.219. The Labute approximate surface area is 105 Å². The molecule has 1 aromatic carbocycles. The summed E-state index contributed by atoms with van der Waals surface area (Å²) in [5.74, 6) is -0.577. The number of carbonyl (C=O) groups is 1. The van der Waals surface area contributed by atoms with Gasteiger partial charge in [0.05, 0.1) is 19.3 Å². The van der Waals surface area contributed by atoms with Gasteiger partial charge in [-0.05, 0) is 30.2 Å². The summed E-state index contributed by atoms with van der Waals surface area (Å²) < 4.78 is 4.61. The summed E-state index contributed by atoms with van der Waals surface area (Å²) in [5, 5.41) is 27.9. The number of ether oxygens (including phenoxy) is 1. The molecule has 1 rings (SSSR count). The fourth-order valence-corrected chi connectivity index (χ4v) is 1.57. The largest absolute Gasteiger partial charge is 0.465 e. The number of nitrogen functional groups attached to an aromatic ring is 1. The Hall–Kier alpha value is -1.63. The van der Waals surface area contributed by atoms with Gasteiger partial charge in [0, 0.05) is 5.69 Å². The first-order valence-electron chi connectivity index (χ1n) is 5.37. The Bertz CT molecular complexity index is 446. The number of hydrogen-bond donors (Lipinski definition) is 4. The van der Waals surface area contributed by atoms with Crippen molar-refractivity contribution in [2.24, 2.45) is 0 Å². The number of aliphatic hydroxyl groups is 3. The van der Waals surface area contributed by atoms with Gasteiger partial charge in [-0.1, -0.05) is 0 Å².